The lowest BCUT2D eigenvalue weighted by atomic mass is 10.2. The van der Waals surface area contributed by atoms with Crippen molar-refractivity contribution in [1.29, 1.82) is 0 Å². The fourth-order valence-electron chi connectivity index (χ4n) is 1.99. The lowest BCUT2D eigenvalue weighted by Gasteiger charge is -2.10. The third kappa shape index (κ3) is 5.52. The molecule has 0 bridgehead atoms. The largest absolute Gasteiger partial charge is 0.463 e. The molecule has 0 aliphatic heterocycles. The molecule has 2 aromatic rings. The molecule has 0 saturated heterocycles. The Morgan fingerprint density at radius 2 is 2.04 bits per heavy atom. The van der Waals surface area contributed by atoms with E-state index in [-0.39, 0.29) is 37.7 Å². The molecule has 1 heterocycles. The summed E-state index contributed by atoms with van der Waals surface area (Å²) in [7, 11) is 0. The van der Waals surface area contributed by atoms with Crippen molar-refractivity contribution < 1.29 is 23.0 Å². The van der Waals surface area contributed by atoms with Crippen LogP contribution in [0.3, 0.4) is 0 Å². The molecular formula is C16H17F2N3O5. The molecule has 0 aliphatic rings. The van der Waals surface area contributed by atoms with Crippen LogP contribution in [0.5, 0.6) is 0 Å². The lowest BCUT2D eigenvalue weighted by molar-refractivity contribution is -0.142. The Hall–Kier alpha value is -3.01. The van der Waals surface area contributed by atoms with Gasteiger partial charge in [0.2, 0.25) is 0 Å². The van der Waals surface area contributed by atoms with Gasteiger partial charge < -0.3 is 14.8 Å². The number of H-pyrrole nitrogens is 1. The third-order valence-electron chi connectivity index (χ3n) is 3.26. The molecule has 0 spiro atoms. The average Bonchev–Trinajstić information content (AvgIpc) is 2.56. The van der Waals surface area contributed by atoms with Crippen molar-refractivity contribution in [2.75, 3.05) is 18.5 Å². The van der Waals surface area contributed by atoms with E-state index in [0.29, 0.717) is 0 Å². The fraction of sp³-hybridized carbons (Fsp3) is 0.312. The predicted molar refractivity (Wildman–Crippen MR) is 87.6 cm³/mol. The van der Waals surface area contributed by atoms with Crippen molar-refractivity contribution >= 4 is 11.7 Å². The third-order valence-corrected chi connectivity index (χ3v) is 3.26. The first-order chi connectivity index (χ1) is 12.4. The summed E-state index contributed by atoms with van der Waals surface area (Å²) in [6, 6.07) is 3.08. The molecular weight excluding hydrogens is 352 g/mol. The summed E-state index contributed by atoms with van der Waals surface area (Å²) in [5.74, 6) is -1.91. The van der Waals surface area contributed by atoms with Gasteiger partial charge in [-0.25, -0.2) is 13.6 Å². The number of anilines is 1. The van der Waals surface area contributed by atoms with Crippen LogP contribution in [0.25, 0.3) is 0 Å². The number of hydrogen-bond donors (Lipinski definition) is 2. The van der Waals surface area contributed by atoms with Gasteiger partial charge in [-0.2, -0.15) is 0 Å². The topological polar surface area (TPSA) is 102 Å². The van der Waals surface area contributed by atoms with Crippen LogP contribution in [0.2, 0.25) is 0 Å². The standard InChI is InChI=1S/C16H17F2N3O5/c1-10(22)26-5-4-25-9-21-8-14(15(23)20-16(21)24)19-7-11-2-3-12(17)6-13(11)18/h2-3,6,8,19H,4-5,7,9H2,1H3,(H,20,23,24). The first kappa shape index (κ1) is 19.3. The Kier molecular flexibility index (Phi) is 6.61. The molecule has 0 fully saturated rings. The molecule has 0 saturated carbocycles. The Morgan fingerprint density at radius 3 is 2.73 bits per heavy atom. The maximum atomic E-state index is 13.6. The summed E-state index contributed by atoms with van der Waals surface area (Å²) in [4.78, 5) is 36.3. The first-order valence-corrected chi connectivity index (χ1v) is 7.59. The van der Waals surface area contributed by atoms with E-state index in [4.69, 9.17) is 4.74 Å². The molecule has 1 aromatic heterocycles. The van der Waals surface area contributed by atoms with Crippen molar-refractivity contribution in [3.8, 4) is 0 Å². The molecule has 0 amide bonds. The van der Waals surface area contributed by atoms with E-state index < -0.39 is 28.9 Å². The Balaban J connectivity index is 2.01. The summed E-state index contributed by atoms with van der Waals surface area (Å²) >= 11 is 0. The number of ether oxygens (including phenoxy) is 2. The van der Waals surface area contributed by atoms with Gasteiger partial charge in [0.25, 0.3) is 5.56 Å². The minimum absolute atomic E-state index is 0.0110. The van der Waals surface area contributed by atoms with Gasteiger partial charge in [0.15, 0.2) is 0 Å². The normalized spacial score (nSPS) is 10.6. The molecule has 2 N–H and O–H groups in total. The number of halogens is 2. The number of rotatable bonds is 8. The predicted octanol–water partition coefficient (Wildman–Crippen LogP) is 0.964. The second-order valence-corrected chi connectivity index (χ2v) is 5.24. The average molecular weight is 369 g/mol. The zero-order valence-electron chi connectivity index (χ0n) is 13.9. The number of nitrogens with one attached hydrogen (secondary N) is 2. The quantitative estimate of drug-likeness (QED) is 0.531. The van der Waals surface area contributed by atoms with Crippen molar-refractivity contribution in [2.24, 2.45) is 0 Å². The highest BCUT2D eigenvalue weighted by atomic mass is 19.1. The van der Waals surface area contributed by atoms with Crippen molar-refractivity contribution in [1.82, 2.24) is 9.55 Å². The Bertz CT molecular complexity index is 894. The highest BCUT2D eigenvalue weighted by Crippen LogP contribution is 2.11. The van der Waals surface area contributed by atoms with Gasteiger partial charge in [-0.1, -0.05) is 6.07 Å². The minimum atomic E-state index is -0.754. The lowest BCUT2D eigenvalue weighted by Crippen LogP contribution is -2.32. The number of nitrogens with zero attached hydrogens (tertiary/aromatic N) is 1. The van der Waals surface area contributed by atoms with Gasteiger partial charge in [0.1, 0.15) is 30.7 Å². The van der Waals surface area contributed by atoms with Gasteiger partial charge in [0, 0.05) is 31.3 Å². The zero-order chi connectivity index (χ0) is 19.1. The molecule has 2 rings (SSSR count). The highest BCUT2D eigenvalue weighted by Gasteiger charge is 2.08. The van der Waals surface area contributed by atoms with Crippen LogP contribution < -0.4 is 16.6 Å². The second-order valence-electron chi connectivity index (χ2n) is 5.24. The monoisotopic (exact) mass is 369 g/mol. The fourth-order valence-corrected chi connectivity index (χ4v) is 1.99. The SMILES string of the molecule is CC(=O)OCCOCn1cc(NCc2ccc(F)cc2F)c(=O)[nH]c1=O. The van der Waals surface area contributed by atoms with Crippen LogP contribution in [0.1, 0.15) is 12.5 Å². The molecule has 0 aliphatic carbocycles. The van der Waals surface area contributed by atoms with Crippen LogP contribution in [-0.2, 0) is 27.5 Å². The summed E-state index contributed by atoms with van der Waals surface area (Å²) in [6.07, 6.45) is 1.22. The number of aromatic amines is 1. The van der Waals surface area contributed by atoms with Crippen LogP contribution in [0, 0.1) is 11.6 Å². The summed E-state index contributed by atoms with van der Waals surface area (Å²) < 4.78 is 37.4. The minimum Gasteiger partial charge on any atom is -0.463 e. The van der Waals surface area contributed by atoms with E-state index in [1.165, 1.54) is 19.2 Å². The maximum absolute atomic E-state index is 13.6. The van der Waals surface area contributed by atoms with Gasteiger partial charge in [-0.15, -0.1) is 0 Å². The highest BCUT2D eigenvalue weighted by molar-refractivity contribution is 5.65. The number of esters is 1. The number of benzene rings is 1. The van der Waals surface area contributed by atoms with Crippen LogP contribution in [0.4, 0.5) is 14.5 Å². The van der Waals surface area contributed by atoms with Crippen LogP contribution >= 0.6 is 0 Å². The van der Waals surface area contributed by atoms with Crippen LogP contribution in [-0.4, -0.2) is 28.7 Å². The number of hydrogen-bond acceptors (Lipinski definition) is 6. The summed E-state index contributed by atoms with van der Waals surface area (Å²) in [5.41, 5.74) is -1.22. The molecule has 0 atom stereocenters. The number of aromatic nitrogens is 2. The maximum Gasteiger partial charge on any atom is 0.330 e. The van der Waals surface area contributed by atoms with Gasteiger partial charge in [-0.05, 0) is 6.07 Å². The van der Waals surface area contributed by atoms with Crippen molar-refractivity contribution in [3.05, 3.63) is 62.4 Å². The van der Waals surface area contributed by atoms with Gasteiger partial charge >= 0.3 is 11.7 Å². The Labute approximate surface area is 146 Å². The first-order valence-electron chi connectivity index (χ1n) is 7.59. The molecule has 8 nitrogen and oxygen atoms in total. The van der Waals surface area contributed by atoms with E-state index in [1.807, 2.05) is 0 Å². The molecule has 10 heteroatoms. The summed E-state index contributed by atoms with van der Waals surface area (Å²) in [5, 5.41) is 2.68. The molecule has 0 radical (unpaired) electrons. The van der Waals surface area contributed by atoms with E-state index in [1.54, 1.807) is 0 Å². The van der Waals surface area contributed by atoms with Gasteiger partial charge in [-0.3, -0.25) is 19.1 Å². The molecule has 140 valence electrons. The van der Waals surface area contributed by atoms with Crippen molar-refractivity contribution in [2.45, 2.75) is 20.2 Å². The number of carbonyl (C=O) groups excluding carboxylic acids is 1. The zero-order valence-corrected chi connectivity index (χ0v) is 13.9. The second kappa shape index (κ2) is 8.90. The Morgan fingerprint density at radius 1 is 1.27 bits per heavy atom. The smallest absolute Gasteiger partial charge is 0.330 e. The van der Waals surface area contributed by atoms with E-state index in [2.05, 4.69) is 15.0 Å². The van der Waals surface area contributed by atoms with E-state index >= 15 is 0 Å². The molecule has 1 aromatic carbocycles. The van der Waals surface area contributed by atoms with Crippen LogP contribution in [0.15, 0.2) is 34.0 Å². The van der Waals surface area contributed by atoms with Gasteiger partial charge in [0.05, 0.1) is 6.61 Å². The number of carbonyl (C=O) groups is 1. The summed E-state index contributed by atoms with van der Waals surface area (Å²) in [6.45, 7) is 1.09. The molecule has 26 heavy (non-hydrogen) atoms. The van der Waals surface area contributed by atoms with E-state index in [9.17, 15) is 23.2 Å². The van der Waals surface area contributed by atoms with E-state index in [0.717, 1.165) is 16.7 Å². The molecule has 0 unspecified atom stereocenters. The van der Waals surface area contributed by atoms with Crippen molar-refractivity contribution in [3.63, 3.8) is 0 Å².